The van der Waals surface area contributed by atoms with Crippen LogP contribution in [0.15, 0.2) is 58.7 Å². The lowest BCUT2D eigenvalue weighted by Crippen LogP contribution is -2.31. The smallest absolute Gasteiger partial charge is 0.302 e. The van der Waals surface area contributed by atoms with E-state index in [1.54, 1.807) is 18.2 Å². The van der Waals surface area contributed by atoms with Crippen LogP contribution in [-0.2, 0) is 19.1 Å². The highest BCUT2D eigenvalue weighted by molar-refractivity contribution is 5.66. The van der Waals surface area contributed by atoms with Crippen LogP contribution in [0, 0.1) is 5.41 Å². The molecule has 0 N–H and O–H groups in total. The van der Waals surface area contributed by atoms with Gasteiger partial charge in [-0.3, -0.25) is 9.59 Å². The molecule has 0 aliphatic heterocycles. The van der Waals surface area contributed by atoms with Gasteiger partial charge in [0.15, 0.2) is 0 Å². The van der Waals surface area contributed by atoms with Crippen LogP contribution in [-0.4, -0.2) is 24.6 Å². The van der Waals surface area contributed by atoms with Crippen molar-refractivity contribution in [2.24, 2.45) is 5.41 Å². The van der Waals surface area contributed by atoms with Crippen LogP contribution in [0.4, 0.5) is 0 Å². The van der Waals surface area contributed by atoms with Crippen molar-refractivity contribution in [2.45, 2.75) is 67.3 Å². The molecule has 1 unspecified atom stereocenters. The van der Waals surface area contributed by atoms with E-state index in [0.29, 0.717) is 5.57 Å². The molecule has 1 atom stereocenters. The van der Waals surface area contributed by atoms with Gasteiger partial charge in [0, 0.05) is 27.1 Å². The number of carbonyl (C=O) groups is 2. The van der Waals surface area contributed by atoms with Crippen molar-refractivity contribution < 1.29 is 25.9 Å². The summed E-state index contributed by atoms with van der Waals surface area (Å²) in [5.74, 6) is -0.991. The first kappa shape index (κ1) is 16.6. The molecular weight excluding hydrogens is 352 g/mol. The third-order valence-corrected chi connectivity index (χ3v) is 4.23. The number of hydrogen-bond acceptors (Lipinski definition) is 4. The zero-order chi connectivity index (χ0) is 25.6. The molecule has 0 spiro atoms. The summed E-state index contributed by atoms with van der Waals surface area (Å²) in [6, 6.07) is 0. The Morgan fingerprint density at radius 1 is 1.18 bits per heavy atom. The van der Waals surface area contributed by atoms with Crippen molar-refractivity contribution in [3.05, 3.63) is 58.7 Å². The zero-order valence-corrected chi connectivity index (χ0v) is 17.6. The molecule has 154 valence electrons. The van der Waals surface area contributed by atoms with E-state index in [4.69, 9.17) is 16.3 Å². The SMILES string of the molecule is [2H]C([2H])([2H])C1=C(/C=C/C(C)=C/C=C/C(C)=C/COC(C)=O)C(C)(C)CC(OC(C)=O)C1([2H])[2H]. The Kier molecular flexibility index (Phi) is 6.42. The van der Waals surface area contributed by atoms with Gasteiger partial charge in [-0.15, -0.1) is 0 Å². The topological polar surface area (TPSA) is 52.6 Å². The summed E-state index contributed by atoms with van der Waals surface area (Å²) in [7, 11) is 0. The van der Waals surface area contributed by atoms with Gasteiger partial charge < -0.3 is 9.47 Å². The Labute approximate surface area is 176 Å². The van der Waals surface area contributed by atoms with Gasteiger partial charge in [0.1, 0.15) is 12.7 Å². The van der Waals surface area contributed by atoms with Gasteiger partial charge in [-0.25, -0.2) is 0 Å². The van der Waals surface area contributed by atoms with Gasteiger partial charge in [-0.05, 0) is 44.2 Å². The molecule has 0 fully saturated rings. The molecule has 4 nitrogen and oxygen atoms in total. The Balaban J connectivity index is 3.27. The Morgan fingerprint density at radius 2 is 1.89 bits per heavy atom. The maximum Gasteiger partial charge on any atom is 0.302 e. The minimum atomic E-state index is -2.69. The molecule has 1 aliphatic rings. The van der Waals surface area contributed by atoms with Gasteiger partial charge in [-0.1, -0.05) is 60.9 Å². The molecule has 0 heterocycles. The summed E-state index contributed by atoms with van der Waals surface area (Å²) >= 11 is 0. The summed E-state index contributed by atoms with van der Waals surface area (Å²) in [5, 5.41) is 0. The molecule has 28 heavy (non-hydrogen) atoms. The van der Waals surface area contributed by atoms with Gasteiger partial charge >= 0.3 is 11.9 Å². The quantitative estimate of drug-likeness (QED) is 0.417. The summed E-state index contributed by atoms with van der Waals surface area (Å²) in [5.41, 5.74) is 1.06. The van der Waals surface area contributed by atoms with E-state index in [-0.39, 0.29) is 24.6 Å². The van der Waals surface area contributed by atoms with E-state index in [0.717, 1.165) is 11.1 Å². The molecule has 0 aromatic rings. The van der Waals surface area contributed by atoms with Crippen molar-refractivity contribution in [1.29, 1.82) is 0 Å². The molecule has 0 radical (unpaired) electrons. The second-order valence-corrected chi connectivity index (χ2v) is 7.47. The molecular formula is C24H34O4. The fraction of sp³-hybridized carbons (Fsp3) is 0.500. The predicted molar refractivity (Wildman–Crippen MR) is 114 cm³/mol. The number of rotatable bonds is 7. The first-order valence-electron chi connectivity index (χ1n) is 11.7. The van der Waals surface area contributed by atoms with Crippen LogP contribution >= 0.6 is 0 Å². The first-order valence-corrected chi connectivity index (χ1v) is 9.24. The molecule has 0 aromatic carbocycles. The van der Waals surface area contributed by atoms with Crippen molar-refractivity contribution in [3.8, 4) is 0 Å². The molecule has 0 aromatic heterocycles. The van der Waals surface area contributed by atoms with E-state index >= 15 is 0 Å². The highest BCUT2D eigenvalue weighted by atomic mass is 16.5. The summed E-state index contributed by atoms with van der Waals surface area (Å²) in [6.07, 6.45) is 7.32. The normalized spacial score (nSPS) is 25.6. The largest absolute Gasteiger partial charge is 0.462 e. The van der Waals surface area contributed by atoms with Crippen molar-refractivity contribution in [3.63, 3.8) is 0 Å². The second-order valence-electron chi connectivity index (χ2n) is 7.47. The fourth-order valence-corrected chi connectivity index (χ4v) is 2.76. The van der Waals surface area contributed by atoms with Gasteiger partial charge in [0.2, 0.25) is 0 Å². The van der Waals surface area contributed by atoms with Crippen LogP contribution in [0.2, 0.25) is 0 Å². The summed E-state index contributed by atoms with van der Waals surface area (Å²) in [4.78, 5) is 22.3. The highest BCUT2D eigenvalue weighted by Crippen LogP contribution is 2.42. The summed E-state index contributed by atoms with van der Waals surface area (Å²) in [6.45, 7) is 7.40. The highest BCUT2D eigenvalue weighted by Gasteiger charge is 2.33. The van der Waals surface area contributed by atoms with Crippen molar-refractivity contribution in [1.82, 2.24) is 0 Å². The molecule has 0 saturated heterocycles. The number of hydrogen-bond donors (Lipinski definition) is 0. The average Bonchev–Trinajstić information content (AvgIpc) is 2.61. The second kappa shape index (κ2) is 10.8. The van der Waals surface area contributed by atoms with Gasteiger partial charge in [0.25, 0.3) is 0 Å². The van der Waals surface area contributed by atoms with Crippen LogP contribution in [0.5, 0.6) is 0 Å². The van der Waals surface area contributed by atoms with Crippen LogP contribution in [0.1, 0.15) is 68.0 Å². The molecule has 0 saturated carbocycles. The van der Waals surface area contributed by atoms with Crippen LogP contribution in [0.3, 0.4) is 0 Å². The van der Waals surface area contributed by atoms with E-state index in [1.807, 2.05) is 45.9 Å². The third kappa shape index (κ3) is 8.55. The molecule has 1 rings (SSSR count). The fourth-order valence-electron chi connectivity index (χ4n) is 2.76. The van der Waals surface area contributed by atoms with E-state index in [1.165, 1.54) is 13.8 Å². The van der Waals surface area contributed by atoms with E-state index in [9.17, 15) is 9.59 Å². The molecule has 0 amide bonds. The van der Waals surface area contributed by atoms with E-state index in [2.05, 4.69) is 0 Å². The van der Waals surface area contributed by atoms with Crippen LogP contribution in [0.25, 0.3) is 0 Å². The van der Waals surface area contributed by atoms with Crippen LogP contribution < -0.4 is 0 Å². The lowest BCUT2D eigenvalue weighted by Gasteiger charge is -2.37. The lowest BCUT2D eigenvalue weighted by molar-refractivity contribution is -0.147. The first-order chi connectivity index (χ1) is 15.0. The molecule has 0 bridgehead atoms. The standard InChI is InChI=1S/C24H34O4/c1-17(9-8-10-18(2)13-14-27-20(4)25)11-12-23-19(3)15-22(28-21(5)26)16-24(23,6)7/h8-13,22H,14-16H2,1-7H3/b10-8+,12-11+,17-9+,18-13+/i3D3,15D2. The minimum Gasteiger partial charge on any atom is -0.462 e. The number of esters is 2. The van der Waals surface area contributed by atoms with Crippen molar-refractivity contribution >= 4 is 11.9 Å². The minimum absolute atomic E-state index is 0.161. The number of carbonyl (C=O) groups excluding carboxylic acids is 2. The Bertz CT molecular complexity index is 902. The maximum absolute atomic E-state index is 11.5. The molecule has 1 aliphatic carbocycles. The predicted octanol–water partition coefficient (Wildman–Crippen LogP) is 5.62. The molecule has 4 heteroatoms. The monoisotopic (exact) mass is 391 g/mol. The summed E-state index contributed by atoms with van der Waals surface area (Å²) < 4.78 is 51.0. The van der Waals surface area contributed by atoms with Gasteiger partial charge in [-0.2, -0.15) is 0 Å². The third-order valence-electron chi connectivity index (χ3n) is 4.23. The number of allylic oxidation sites excluding steroid dienone is 8. The maximum atomic E-state index is 11.5. The Hall–Kier alpha value is -2.36. The average molecular weight is 392 g/mol. The van der Waals surface area contributed by atoms with Crippen molar-refractivity contribution in [2.75, 3.05) is 6.61 Å². The number of ether oxygens (including phenoxy) is 2. The lowest BCUT2D eigenvalue weighted by atomic mass is 9.71. The zero-order valence-electron chi connectivity index (χ0n) is 22.6. The Morgan fingerprint density at radius 3 is 2.50 bits per heavy atom. The van der Waals surface area contributed by atoms with E-state index < -0.39 is 30.7 Å². The van der Waals surface area contributed by atoms with Gasteiger partial charge in [0.05, 0.1) is 0 Å².